The van der Waals surface area contributed by atoms with Crippen molar-refractivity contribution in [3.05, 3.63) is 71.8 Å². The maximum atomic E-state index is 13.0. The van der Waals surface area contributed by atoms with E-state index in [0.29, 0.717) is 0 Å². The fraction of sp³-hybridized carbons (Fsp3) is 0.438. The van der Waals surface area contributed by atoms with Gasteiger partial charge in [-0.25, -0.2) is 9.59 Å². The van der Waals surface area contributed by atoms with Crippen LogP contribution in [0.3, 0.4) is 0 Å². The van der Waals surface area contributed by atoms with Crippen molar-refractivity contribution in [3.63, 3.8) is 0 Å². The highest BCUT2D eigenvalue weighted by Gasteiger charge is 2.26. The second-order valence-corrected chi connectivity index (χ2v) is 10.3. The van der Waals surface area contributed by atoms with E-state index in [1.807, 2.05) is 12.1 Å². The van der Waals surface area contributed by atoms with E-state index in [1.54, 1.807) is 62.4 Å². The SMILES string of the molecule is CCOC(=O)[C@H](Cc1ccccc1)NC(=O)CN(CCN(CC(=O)O)CC(=O)N[C@@H](Cc1ccccc1)C(=O)OCC)CC(=O)O. The van der Waals surface area contributed by atoms with E-state index >= 15 is 0 Å². The fourth-order valence-electron chi connectivity index (χ4n) is 4.55. The lowest BCUT2D eigenvalue weighted by atomic mass is 10.1. The number of nitrogens with zero attached hydrogens (tertiary/aromatic N) is 2. The molecule has 2 aromatic carbocycles. The number of carbonyl (C=O) groups is 6. The second kappa shape index (κ2) is 20.3. The quantitative estimate of drug-likeness (QED) is 0.137. The Labute approximate surface area is 267 Å². The van der Waals surface area contributed by atoms with Crippen LogP contribution in [0.15, 0.2) is 60.7 Å². The molecule has 0 heterocycles. The molecule has 46 heavy (non-hydrogen) atoms. The Morgan fingerprint density at radius 3 is 1.26 bits per heavy atom. The van der Waals surface area contributed by atoms with Crippen LogP contribution >= 0.6 is 0 Å². The Morgan fingerprint density at radius 2 is 0.957 bits per heavy atom. The predicted molar refractivity (Wildman–Crippen MR) is 166 cm³/mol. The molecular formula is C32H42N4O10. The predicted octanol–water partition coefficient (Wildman–Crippen LogP) is 0.341. The number of hydrogen-bond acceptors (Lipinski definition) is 10. The first-order valence-electron chi connectivity index (χ1n) is 14.9. The molecule has 14 nitrogen and oxygen atoms in total. The summed E-state index contributed by atoms with van der Waals surface area (Å²) in [5.74, 6) is -5.04. The van der Waals surface area contributed by atoms with Gasteiger partial charge in [-0.1, -0.05) is 60.7 Å². The zero-order valence-corrected chi connectivity index (χ0v) is 26.1. The minimum atomic E-state index is -1.24. The van der Waals surface area contributed by atoms with Crippen molar-refractivity contribution in [3.8, 4) is 0 Å². The Morgan fingerprint density at radius 1 is 0.609 bits per heavy atom. The van der Waals surface area contributed by atoms with E-state index in [2.05, 4.69) is 10.6 Å². The number of ether oxygens (including phenoxy) is 2. The van der Waals surface area contributed by atoms with Gasteiger partial charge in [0.15, 0.2) is 0 Å². The highest BCUT2D eigenvalue weighted by Crippen LogP contribution is 2.07. The van der Waals surface area contributed by atoms with Gasteiger partial charge in [0.25, 0.3) is 0 Å². The topological polar surface area (TPSA) is 192 Å². The van der Waals surface area contributed by atoms with Gasteiger partial charge in [-0.2, -0.15) is 0 Å². The van der Waals surface area contributed by atoms with E-state index in [9.17, 15) is 39.0 Å². The van der Waals surface area contributed by atoms with Crippen molar-refractivity contribution in [2.75, 3.05) is 52.5 Å². The summed E-state index contributed by atoms with van der Waals surface area (Å²) in [6, 6.07) is 15.9. The summed E-state index contributed by atoms with van der Waals surface area (Å²) < 4.78 is 10.2. The van der Waals surface area contributed by atoms with Gasteiger partial charge in [-0.15, -0.1) is 0 Å². The Bertz CT molecular complexity index is 1190. The summed E-state index contributed by atoms with van der Waals surface area (Å²) in [6.45, 7) is 1.29. The van der Waals surface area contributed by atoms with Gasteiger partial charge in [0, 0.05) is 25.9 Å². The molecule has 0 aliphatic carbocycles. The normalized spacial score (nSPS) is 12.2. The van der Waals surface area contributed by atoms with Gasteiger partial charge in [0.2, 0.25) is 11.8 Å². The number of carboxylic acid groups (broad SMARTS) is 2. The molecule has 0 bridgehead atoms. The molecule has 0 spiro atoms. The van der Waals surface area contributed by atoms with Crippen LogP contribution in [0.5, 0.6) is 0 Å². The number of carboxylic acids is 2. The first kappa shape index (κ1) is 37.4. The number of benzene rings is 2. The molecule has 2 amide bonds. The van der Waals surface area contributed by atoms with Crippen LogP contribution in [-0.2, 0) is 51.1 Å². The van der Waals surface area contributed by atoms with Crippen molar-refractivity contribution in [1.82, 2.24) is 20.4 Å². The van der Waals surface area contributed by atoms with Crippen LogP contribution < -0.4 is 10.6 Å². The van der Waals surface area contributed by atoms with E-state index in [4.69, 9.17) is 9.47 Å². The monoisotopic (exact) mass is 642 g/mol. The van der Waals surface area contributed by atoms with Gasteiger partial charge < -0.3 is 30.3 Å². The van der Waals surface area contributed by atoms with Crippen LogP contribution in [0.2, 0.25) is 0 Å². The van der Waals surface area contributed by atoms with E-state index in [1.165, 1.54) is 9.80 Å². The Balaban J connectivity index is 2.08. The molecule has 250 valence electrons. The molecular weight excluding hydrogens is 600 g/mol. The maximum Gasteiger partial charge on any atom is 0.328 e. The molecule has 0 unspecified atom stereocenters. The standard InChI is InChI=1S/C32H42N4O10/c1-3-45-31(43)25(17-23-11-7-5-8-12-23)33-27(37)19-35(21-29(39)40)15-16-36(22-30(41)42)20-28(38)34-26(32(44)46-4-2)18-24-13-9-6-10-14-24/h5-14,25-26H,3-4,15-22H2,1-2H3,(H,33,37)(H,34,38)(H,39,40)(H,41,42)/t25-,26-/m0/s1. The molecule has 0 aliphatic heterocycles. The Hall–Kier alpha value is -4.82. The minimum Gasteiger partial charge on any atom is -0.480 e. The molecule has 2 aromatic rings. The molecule has 4 N–H and O–H groups in total. The molecule has 0 saturated carbocycles. The third kappa shape index (κ3) is 14.8. The molecule has 0 radical (unpaired) electrons. The van der Waals surface area contributed by atoms with Gasteiger partial charge in [0.1, 0.15) is 12.1 Å². The summed E-state index contributed by atoms with van der Waals surface area (Å²) in [5.41, 5.74) is 1.56. The first-order chi connectivity index (χ1) is 22.0. The highest BCUT2D eigenvalue weighted by molar-refractivity contribution is 5.87. The fourth-order valence-corrected chi connectivity index (χ4v) is 4.55. The van der Waals surface area contributed by atoms with Gasteiger partial charge in [-0.05, 0) is 25.0 Å². The third-order valence-electron chi connectivity index (χ3n) is 6.56. The van der Waals surface area contributed by atoms with Crippen molar-refractivity contribution < 1.29 is 48.5 Å². The number of hydrogen-bond donors (Lipinski definition) is 4. The lowest BCUT2D eigenvalue weighted by molar-refractivity contribution is -0.148. The number of amides is 2. The molecule has 0 aliphatic rings. The summed E-state index contributed by atoms with van der Waals surface area (Å²) in [6.07, 6.45) is 0.311. The van der Waals surface area contributed by atoms with Crippen molar-refractivity contribution >= 4 is 35.7 Å². The van der Waals surface area contributed by atoms with Crippen molar-refractivity contribution in [2.24, 2.45) is 0 Å². The first-order valence-corrected chi connectivity index (χ1v) is 14.9. The van der Waals surface area contributed by atoms with E-state index in [-0.39, 0.29) is 39.1 Å². The number of esters is 2. The largest absolute Gasteiger partial charge is 0.480 e. The van der Waals surface area contributed by atoms with E-state index < -0.39 is 74.0 Å². The maximum absolute atomic E-state index is 13.0. The van der Waals surface area contributed by atoms with Gasteiger partial charge in [-0.3, -0.25) is 29.0 Å². The summed E-state index contributed by atoms with van der Waals surface area (Å²) in [5, 5.41) is 24.1. The summed E-state index contributed by atoms with van der Waals surface area (Å²) in [4.78, 5) is 76.7. The Kier molecular flexibility index (Phi) is 16.5. The number of rotatable bonds is 21. The van der Waals surface area contributed by atoms with Crippen LogP contribution in [-0.4, -0.2) is 120 Å². The number of aliphatic carboxylic acids is 2. The van der Waals surface area contributed by atoms with Crippen LogP contribution in [0.25, 0.3) is 0 Å². The lowest BCUT2D eigenvalue weighted by Crippen LogP contribution is -2.51. The van der Waals surface area contributed by atoms with Crippen LogP contribution in [0, 0.1) is 0 Å². The zero-order chi connectivity index (χ0) is 33.9. The third-order valence-corrected chi connectivity index (χ3v) is 6.56. The van der Waals surface area contributed by atoms with Crippen molar-refractivity contribution in [2.45, 2.75) is 38.8 Å². The zero-order valence-electron chi connectivity index (χ0n) is 26.1. The average molecular weight is 643 g/mol. The van der Waals surface area contributed by atoms with Gasteiger partial charge in [0.05, 0.1) is 39.4 Å². The van der Waals surface area contributed by atoms with Crippen LogP contribution in [0.1, 0.15) is 25.0 Å². The molecule has 0 saturated heterocycles. The second-order valence-electron chi connectivity index (χ2n) is 10.3. The summed E-state index contributed by atoms with van der Waals surface area (Å²) in [7, 11) is 0. The number of nitrogens with one attached hydrogen (secondary N) is 2. The smallest absolute Gasteiger partial charge is 0.328 e. The molecule has 14 heteroatoms. The van der Waals surface area contributed by atoms with Gasteiger partial charge >= 0.3 is 23.9 Å². The van der Waals surface area contributed by atoms with Crippen molar-refractivity contribution in [1.29, 1.82) is 0 Å². The number of carbonyl (C=O) groups excluding carboxylic acids is 4. The van der Waals surface area contributed by atoms with E-state index in [0.717, 1.165) is 11.1 Å². The molecule has 0 fully saturated rings. The minimum absolute atomic E-state index is 0.102. The highest BCUT2D eigenvalue weighted by atomic mass is 16.5. The van der Waals surface area contributed by atoms with Crippen LogP contribution in [0.4, 0.5) is 0 Å². The average Bonchev–Trinajstić information content (AvgIpc) is 2.99. The lowest BCUT2D eigenvalue weighted by Gasteiger charge is -2.26. The molecule has 2 atom stereocenters. The molecule has 0 aromatic heterocycles. The molecule has 2 rings (SSSR count). The summed E-state index contributed by atoms with van der Waals surface area (Å²) >= 11 is 0.